The fourth-order valence-corrected chi connectivity index (χ4v) is 3.31. The van der Waals surface area contributed by atoms with Crippen molar-refractivity contribution in [1.29, 1.82) is 5.26 Å². The molecule has 2 unspecified atom stereocenters. The highest BCUT2D eigenvalue weighted by Crippen LogP contribution is 2.24. The Hall–Kier alpha value is -2.62. The number of guanidine groups is 1. The van der Waals surface area contributed by atoms with Crippen LogP contribution in [-0.2, 0) is 11.3 Å². The van der Waals surface area contributed by atoms with Crippen molar-refractivity contribution in [3.05, 3.63) is 35.1 Å². The molecule has 0 aromatic heterocycles. The number of carbonyl (C=O) groups excluding carboxylic acids is 1. The van der Waals surface area contributed by atoms with Crippen LogP contribution < -0.4 is 16.0 Å². The van der Waals surface area contributed by atoms with Crippen LogP contribution in [0.4, 0.5) is 4.39 Å². The maximum Gasteiger partial charge on any atom is 0.223 e. The summed E-state index contributed by atoms with van der Waals surface area (Å²) in [5.41, 5.74) is 0.831. The van der Waals surface area contributed by atoms with Gasteiger partial charge in [0.2, 0.25) is 5.91 Å². The molecule has 146 valence electrons. The first-order valence-corrected chi connectivity index (χ1v) is 9.39. The van der Waals surface area contributed by atoms with E-state index >= 15 is 0 Å². The van der Waals surface area contributed by atoms with Crippen LogP contribution in [-0.4, -0.2) is 31.0 Å². The second kappa shape index (κ2) is 9.91. The third-order valence-corrected chi connectivity index (χ3v) is 4.66. The molecule has 1 fully saturated rings. The van der Waals surface area contributed by atoms with Crippen molar-refractivity contribution in [2.45, 2.75) is 58.2 Å². The van der Waals surface area contributed by atoms with Crippen molar-refractivity contribution in [2.75, 3.05) is 7.05 Å². The predicted octanol–water partition coefficient (Wildman–Crippen LogP) is 2.45. The van der Waals surface area contributed by atoms with Crippen molar-refractivity contribution < 1.29 is 9.18 Å². The predicted molar refractivity (Wildman–Crippen MR) is 103 cm³/mol. The zero-order chi connectivity index (χ0) is 19.8. The van der Waals surface area contributed by atoms with E-state index in [1.165, 1.54) is 18.2 Å². The first-order chi connectivity index (χ1) is 12.9. The van der Waals surface area contributed by atoms with E-state index in [1.54, 1.807) is 7.05 Å². The molecule has 2 rings (SSSR count). The lowest BCUT2D eigenvalue weighted by Crippen LogP contribution is -2.47. The number of rotatable bonds is 5. The molecule has 0 heterocycles. The molecule has 1 aliphatic rings. The van der Waals surface area contributed by atoms with Gasteiger partial charge in [-0.05, 0) is 51.3 Å². The number of carbonyl (C=O) groups is 1. The number of nitriles is 1. The van der Waals surface area contributed by atoms with Crippen molar-refractivity contribution >= 4 is 11.9 Å². The minimum absolute atomic E-state index is 0.00140. The summed E-state index contributed by atoms with van der Waals surface area (Å²) in [6.45, 7) is 4.15. The molecule has 0 saturated heterocycles. The van der Waals surface area contributed by atoms with Crippen LogP contribution in [0.3, 0.4) is 0 Å². The summed E-state index contributed by atoms with van der Waals surface area (Å²) in [4.78, 5) is 16.5. The number of amides is 1. The molecule has 1 aliphatic carbocycles. The number of benzene rings is 1. The fraction of sp³-hybridized carbons (Fsp3) is 0.550. The second-order valence-corrected chi connectivity index (χ2v) is 7.21. The molecule has 3 N–H and O–H groups in total. The molecular weight excluding hydrogens is 345 g/mol. The number of nitrogens with zero attached hydrogens (tertiary/aromatic N) is 2. The second-order valence-electron chi connectivity index (χ2n) is 7.21. The van der Waals surface area contributed by atoms with Crippen LogP contribution >= 0.6 is 0 Å². The summed E-state index contributed by atoms with van der Waals surface area (Å²) in [6.07, 6.45) is 3.58. The average Bonchev–Trinajstić information content (AvgIpc) is 2.65. The molecule has 1 aromatic rings. The lowest BCUT2D eigenvalue weighted by atomic mass is 9.85. The van der Waals surface area contributed by atoms with Gasteiger partial charge in [-0.1, -0.05) is 6.42 Å². The minimum atomic E-state index is -0.361. The van der Waals surface area contributed by atoms with Gasteiger partial charge < -0.3 is 16.0 Å². The van der Waals surface area contributed by atoms with Gasteiger partial charge in [-0.15, -0.1) is 0 Å². The first kappa shape index (κ1) is 20.7. The lowest BCUT2D eigenvalue weighted by Gasteiger charge is -2.30. The van der Waals surface area contributed by atoms with Gasteiger partial charge in [-0.3, -0.25) is 9.79 Å². The van der Waals surface area contributed by atoms with Crippen LogP contribution in [0.15, 0.2) is 23.2 Å². The number of halogens is 1. The van der Waals surface area contributed by atoms with Crippen LogP contribution in [0, 0.1) is 23.1 Å². The van der Waals surface area contributed by atoms with E-state index in [4.69, 9.17) is 5.26 Å². The van der Waals surface area contributed by atoms with E-state index in [9.17, 15) is 9.18 Å². The number of hydrogen-bond donors (Lipinski definition) is 3. The average molecular weight is 373 g/mol. The third-order valence-electron chi connectivity index (χ3n) is 4.66. The SMILES string of the molecule is CN=C(NCc1cc(C#N)ccc1F)NC1CCCC(C(=O)NC(C)C)C1. The van der Waals surface area contributed by atoms with E-state index in [0.29, 0.717) is 17.1 Å². The Morgan fingerprint density at radius 1 is 1.41 bits per heavy atom. The Bertz CT molecular complexity index is 726. The topological polar surface area (TPSA) is 89.3 Å². The molecule has 7 heteroatoms. The quantitative estimate of drug-likeness (QED) is 0.546. The van der Waals surface area contributed by atoms with Gasteiger partial charge in [0.25, 0.3) is 0 Å². The number of nitrogens with one attached hydrogen (secondary N) is 3. The van der Waals surface area contributed by atoms with Crippen molar-refractivity contribution in [1.82, 2.24) is 16.0 Å². The highest BCUT2D eigenvalue weighted by molar-refractivity contribution is 5.81. The van der Waals surface area contributed by atoms with Crippen molar-refractivity contribution in [2.24, 2.45) is 10.9 Å². The van der Waals surface area contributed by atoms with Crippen LogP contribution in [0.2, 0.25) is 0 Å². The molecule has 0 spiro atoms. The zero-order valence-electron chi connectivity index (χ0n) is 16.2. The third kappa shape index (κ3) is 6.24. The van der Waals surface area contributed by atoms with E-state index in [2.05, 4.69) is 20.9 Å². The highest BCUT2D eigenvalue weighted by Gasteiger charge is 2.28. The van der Waals surface area contributed by atoms with Gasteiger partial charge in [0, 0.05) is 37.2 Å². The Morgan fingerprint density at radius 3 is 2.85 bits per heavy atom. The van der Waals surface area contributed by atoms with Crippen LogP contribution in [0.5, 0.6) is 0 Å². The van der Waals surface area contributed by atoms with E-state index in [0.717, 1.165) is 25.7 Å². The molecular formula is C20H28FN5O. The molecule has 1 amide bonds. The molecule has 1 saturated carbocycles. The van der Waals surface area contributed by atoms with Gasteiger partial charge in [0.15, 0.2) is 5.96 Å². The van der Waals surface area contributed by atoms with E-state index < -0.39 is 0 Å². The van der Waals surface area contributed by atoms with E-state index in [-0.39, 0.29) is 36.3 Å². The summed E-state index contributed by atoms with van der Waals surface area (Å²) in [7, 11) is 1.66. The largest absolute Gasteiger partial charge is 0.354 e. The van der Waals surface area contributed by atoms with Crippen LogP contribution in [0.1, 0.15) is 50.7 Å². The first-order valence-electron chi connectivity index (χ1n) is 9.39. The Morgan fingerprint density at radius 2 is 2.19 bits per heavy atom. The minimum Gasteiger partial charge on any atom is -0.354 e. The lowest BCUT2D eigenvalue weighted by molar-refractivity contribution is -0.126. The summed E-state index contributed by atoms with van der Waals surface area (Å²) in [6, 6.07) is 6.57. The summed E-state index contributed by atoms with van der Waals surface area (Å²) < 4.78 is 13.9. The summed E-state index contributed by atoms with van der Waals surface area (Å²) >= 11 is 0. The normalized spacial score (nSPS) is 20.1. The van der Waals surface area contributed by atoms with Gasteiger partial charge >= 0.3 is 0 Å². The maximum absolute atomic E-state index is 13.9. The van der Waals surface area contributed by atoms with Crippen molar-refractivity contribution in [3.63, 3.8) is 0 Å². The Labute approximate surface area is 160 Å². The Balaban J connectivity index is 1.91. The molecule has 27 heavy (non-hydrogen) atoms. The number of aliphatic imine (C=N–C) groups is 1. The molecule has 1 aromatic carbocycles. The highest BCUT2D eigenvalue weighted by atomic mass is 19.1. The maximum atomic E-state index is 13.9. The fourth-order valence-electron chi connectivity index (χ4n) is 3.31. The Kier molecular flexibility index (Phi) is 7.59. The number of hydrogen-bond acceptors (Lipinski definition) is 3. The molecule has 6 nitrogen and oxygen atoms in total. The van der Waals surface area contributed by atoms with Crippen LogP contribution in [0.25, 0.3) is 0 Å². The van der Waals surface area contributed by atoms with Gasteiger partial charge in [-0.25, -0.2) is 4.39 Å². The summed E-state index contributed by atoms with van der Waals surface area (Å²) in [5.74, 6) is 0.308. The zero-order valence-corrected chi connectivity index (χ0v) is 16.2. The van der Waals surface area contributed by atoms with Gasteiger partial charge in [0.05, 0.1) is 11.6 Å². The molecule has 2 atom stereocenters. The molecule has 0 bridgehead atoms. The molecule has 0 radical (unpaired) electrons. The van der Waals surface area contributed by atoms with Gasteiger partial charge in [0.1, 0.15) is 5.82 Å². The smallest absolute Gasteiger partial charge is 0.223 e. The van der Waals surface area contributed by atoms with Gasteiger partial charge in [-0.2, -0.15) is 5.26 Å². The van der Waals surface area contributed by atoms with Crippen molar-refractivity contribution in [3.8, 4) is 6.07 Å². The summed E-state index contributed by atoms with van der Waals surface area (Å²) in [5, 5.41) is 18.4. The molecule has 0 aliphatic heterocycles. The monoisotopic (exact) mass is 373 g/mol. The van der Waals surface area contributed by atoms with E-state index in [1.807, 2.05) is 19.9 Å². The standard InChI is InChI=1S/C20H28FN5O/c1-13(2)25-19(27)15-5-4-6-17(10-15)26-20(23-3)24-12-16-9-14(11-22)7-8-18(16)21/h7-9,13,15,17H,4-6,10,12H2,1-3H3,(H,25,27)(H2,23,24,26).